The van der Waals surface area contributed by atoms with Crippen molar-refractivity contribution in [2.24, 2.45) is 0 Å². The third kappa shape index (κ3) is 4.02. The highest BCUT2D eigenvalue weighted by atomic mass is 32.2. The maximum absolute atomic E-state index is 13.7. The van der Waals surface area contributed by atoms with Gasteiger partial charge in [-0.15, -0.1) is 10.2 Å². The average Bonchev–Trinajstić information content (AvgIpc) is 3.43. The summed E-state index contributed by atoms with van der Waals surface area (Å²) in [7, 11) is -4.06. The van der Waals surface area contributed by atoms with Crippen molar-refractivity contribution in [3.63, 3.8) is 0 Å². The third-order valence-corrected chi connectivity index (χ3v) is 6.48. The fourth-order valence-corrected chi connectivity index (χ4v) is 4.52. The van der Waals surface area contributed by atoms with Crippen LogP contribution in [0.15, 0.2) is 53.4 Å². The predicted molar refractivity (Wildman–Crippen MR) is 103 cm³/mol. The van der Waals surface area contributed by atoms with Crippen molar-refractivity contribution in [3.8, 4) is 0 Å². The number of benzene rings is 2. The summed E-state index contributed by atoms with van der Waals surface area (Å²) < 4.78 is 41.0. The molecule has 28 heavy (non-hydrogen) atoms. The van der Waals surface area contributed by atoms with Gasteiger partial charge in [-0.2, -0.15) is 0 Å². The summed E-state index contributed by atoms with van der Waals surface area (Å²) in [6.45, 7) is 0. The molecule has 0 saturated heterocycles. The summed E-state index contributed by atoms with van der Waals surface area (Å²) >= 11 is 1.31. The summed E-state index contributed by atoms with van der Waals surface area (Å²) in [5.74, 6) is -0.759. The van der Waals surface area contributed by atoms with Gasteiger partial charge >= 0.3 is 0 Å². The van der Waals surface area contributed by atoms with Crippen LogP contribution in [0.3, 0.4) is 0 Å². The Bertz CT molecular complexity index is 1140. The average molecular weight is 418 g/mol. The Labute approximate surface area is 164 Å². The molecule has 1 aliphatic carbocycles. The van der Waals surface area contributed by atoms with Gasteiger partial charge in [0.15, 0.2) is 0 Å². The Kier molecular flexibility index (Phi) is 4.82. The van der Waals surface area contributed by atoms with Crippen molar-refractivity contribution in [3.05, 3.63) is 64.9 Å². The maximum atomic E-state index is 13.7. The van der Waals surface area contributed by atoms with E-state index in [1.54, 1.807) is 0 Å². The molecule has 144 valence electrons. The third-order valence-electron chi connectivity index (χ3n) is 4.11. The SMILES string of the molecule is O=C(Nc1nnc(C2CC2)s1)c1cccc(S(=O)(=O)Nc2ccccc2F)c1. The highest BCUT2D eigenvalue weighted by molar-refractivity contribution is 7.92. The molecule has 1 fully saturated rings. The van der Waals surface area contributed by atoms with Crippen LogP contribution in [-0.4, -0.2) is 24.5 Å². The van der Waals surface area contributed by atoms with Crippen LogP contribution >= 0.6 is 11.3 Å². The van der Waals surface area contributed by atoms with Crippen LogP contribution in [0.25, 0.3) is 0 Å². The van der Waals surface area contributed by atoms with Gasteiger partial charge in [0, 0.05) is 11.5 Å². The fourth-order valence-electron chi connectivity index (χ4n) is 2.50. The van der Waals surface area contributed by atoms with E-state index in [2.05, 4.69) is 20.2 Å². The Morgan fingerprint density at radius 3 is 2.64 bits per heavy atom. The van der Waals surface area contributed by atoms with Crippen LogP contribution in [0.4, 0.5) is 15.2 Å². The Balaban J connectivity index is 1.52. The van der Waals surface area contributed by atoms with Gasteiger partial charge in [-0.25, -0.2) is 12.8 Å². The Morgan fingerprint density at radius 1 is 1.11 bits per heavy atom. The van der Waals surface area contributed by atoms with Crippen LogP contribution in [0.5, 0.6) is 0 Å². The summed E-state index contributed by atoms with van der Waals surface area (Å²) in [6, 6.07) is 10.9. The van der Waals surface area contributed by atoms with Crippen molar-refractivity contribution in [1.82, 2.24) is 10.2 Å². The summed E-state index contributed by atoms with van der Waals surface area (Å²) in [4.78, 5) is 12.3. The zero-order valence-corrected chi connectivity index (χ0v) is 16.1. The number of carbonyl (C=O) groups excluding carboxylic acids is 1. The molecule has 0 bridgehead atoms. The molecular formula is C18H15FN4O3S2. The lowest BCUT2D eigenvalue weighted by atomic mass is 10.2. The van der Waals surface area contributed by atoms with E-state index < -0.39 is 21.7 Å². The molecule has 1 aromatic heterocycles. The van der Waals surface area contributed by atoms with E-state index in [0.717, 1.165) is 23.9 Å². The molecule has 1 heterocycles. The summed E-state index contributed by atoms with van der Waals surface area (Å²) in [5.41, 5.74) is -0.0293. The first-order valence-electron chi connectivity index (χ1n) is 8.44. The van der Waals surface area contributed by atoms with Gasteiger partial charge in [-0.1, -0.05) is 29.5 Å². The van der Waals surface area contributed by atoms with Crippen molar-refractivity contribution < 1.29 is 17.6 Å². The normalized spacial score (nSPS) is 13.9. The lowest BCUT2D eigenvalue weighted by Gasteiger charge is -2.10. The van der Waals surface area contributed by atoms with E-state index in [9.17, 15) is 17.6 Å². The molecule has 0 aliphatic heterocycles. The number of rotatable bonds is 6. The van der Waals surface area contributed by atoms with Gasteiger partial charge in [0.25, 0.3) is 15.9 Å². The molecule has 1 saturated carbocycles. The van der Waals surface area contributed by atoms with Gasteiger partial charge in [0.2, 0.25) is 5.13 Å². The predicted octanol–water partition coefficient (Wildman–Crippen LogP) is 3.61. The fraction of sp³-hybridized carbons (Fsp3) is 0.167. The minimum Gasteiger partial charge on any atom is -0.296 e. The molecule has 3 aromatic rings. The van der Waals surface area contributed by atoms with Crippen molar-refractivity contribution >= 4 is 38.1 Å². The number of aromatic nitrogens is 2. The summed E-state index contributed by atoms with van der Waals surface area (Å²) in [6.07, 6.45) is 2.16. The van der Waals surface area contributed by atoms with Crippen LogP contribution in [0.2, 0.25) is 0 Å². The van der Waals surface area contributed by atoms with E-state index in [-0.39, 0.29) is 16.1 Å². The lowest BCUT2D eigenvalue weighted by molar-refractivity contribution is 0.102. The number of halogens is 1. The van der Waals surface area contributed by atoms with E-state index >= 15 is 0 Å². The van der Waals surface area contributed by atoms with E-state index in [1.807, 2.05) is 0 Å². The van der Waals surface area contributed by atoms with Crippen LogP contribution < -0.4 is 10.0 Å². The molecular weight excluding hydrogens is 403 g/mol. The molecule has 1 amide bonds. The molecule has 0 spiro atoms. The standard InChI is InChI=1S/C18H15FN4O3S2/c19-14-6-1-2-7-15(14)23-28(25,26)13-5-3-4-12(10-13)16(24)20-18-22-21-17(27-18)11-8-9-11/h1-7,10-11,23H,8-9H2,(H,20,22,24). The quantitative estimate of drug-likeness (QED) is 0.637. The number of para-hydroxylation sites is 1. The molecule has 0 unspecified atom stereocenters. The second kappa shape index (κ2) is 7.28. The first-order chi connectivity index (χ1) is 13.4. The van der Waals surface area contributed by atoms with Crippen LogP contribution in [0.1, 0.15) is 34.1 Å². The second-order valence-electron chi connectivity index (χ2n) is 6.29. The van der Waals surface area contributed by atoms with E-state index in [4.69, 9.17) is 0 Å². The minimum atomic E-state index is -4.06. The molecule has 0 atom stereocenters. The number of anilines is 2. The first-order valence-corrected chi connectivity index (χ1v) is 10.7. The van der Waals surface area contributed by atoms with Gasteiger partial charge < -0.3 is 0 Å². The van der Waals surface area contributed by atoms with E-state index in [1.165, 1.54) is 53.8 Å². The van der Waals surface area contributed by atoms with Crippen molar-refractivity contribution in [2.75, 3.05) is 10.0 Å². The molecule has 2 N–H and O–H groups in total. The smallest absolute Gasteiger partial charge is 0.262 e. The number of nitrogens with zero attached hydrogens (tertiary/aromatic N) is 2. The van der Waals surface area contributed by atoms with Gasteiger partial charge in [0.05, 0.1) is 10.6 Å². The van der Waals surface area contributed by atoms with E-state index in [0.29, 0.717) is 11.0 Å². The molecule has 4 rings (SSSR count). The molecule has 1 aliphatic rings. The molecule has 2 aromatic carbocycles. The van der Waals surface area contributed by atoms with Gasteiger partial charge in [0.1, 0.15) is 10.8 Å². The number of sulfonamides is 1. The van der Waals surface area contributed by atoms with Crippen LogP contribution in [0, 0.1) is 5.82 Å². The second-order valence-corrected chi connectivity index (χ2v) is 8.98. The zero-order chi connectivity index (χ0) is 19.7. The molecule has 0 radical (unpaired) electrons. The first kappa shape index (κ1) is 18.5. The number of hydrogen-bond donors (Lipinski definition) is 2. The van der Waals surface area contributed by atoms with Crippen molar-refractivity contribution in [2.45, 2.75) is 23.7 Å². The molecule has 7 nitrogen and oxygen atoms in total. The van der Waals surface area contributed by atoms with Gasteiger partial charge in [-0.3, -0.25) is 14.8 Å². The monoisotopic (exact) mass is 418 g/mol. The number of nitrogens with one attached hydrogen (secondary N) is 2. The Hall–Kier alpha value is -2.85. The van der Waals surface area contributed by atoms with Gasteiger partial charge in [-0.05, 0) is 43.2 Å². The minimum absolute atomic E-state index is 0.139. The highest BCUT2D eigenvalue weighted by Gasteiger charge is 2.28. The number of hydrogen-bond acceptors (Lipinski definition) is 6. The molecule has 10 heteroatoms. The largest absolute Gasteiger partial charge is 0.296 e. The lowest BCUT2D eigenvalue weighted by Crippen LogP contribution is -2.16. The Morgan fingerprint density at radius 2 is 1.89 bits per heavy atom. The highest BCUT2D eigenvalue weighted by Crippen LogP contribution is 2.42. The maximum Gasteiger partial charge on any atom is 0.262 e. The topological polar surface area (TPSA) is 101 Å². The van der Waals surface area contributed by atoms with Crippen LogP contribution in [-0.2, 0) is 10.0 Å². The summed E-state index contributed by atoms with van der Waals surface area (Å²) in [5, 5.41) is 11.9. The number of carbonyl (C=O) groups is 1. The number of amides is 1. The van der Waals surface area contributed by atoms with Crippen molar-refractivity contribution in [1.29, 1.82) is 0 Å². The zero-order valence-electron chi connectivity index (χ0n) is 14.4.